The predicted molar refractivity (Wildman–Crippen MR) is 55.3 cm³/mol. The fraction of sp³-hybridized carbons (Fsp3) is 0.700. The summed E-state index contributed by atoms with van der Waals surface area (Å²) < 4.78 is 5.04. The van der Waals surface area contributed by atoms with Gasteiger partial charge in [-0.15, -0.1) is 0 Å². The van der Waals surface area contributed by atoms with Crippen LogP contribution in [0.4, 0.5) is 0 Å². The van der Waals surface area contributed by atoms with E-state index in [0.29, 0.717) is 19.1 Å². The molecule has 1 atom stereocenters. The van der Waals surface area contributed by atoms with E-state index in [1.165, 1.54) is 0 Å². The van der Waals surface area contributed by atoms with Gasteiger partial charge in [0.2, 0.25) is 0 Å². The van der Waals surface area contributed by atoms with E-state index in [0.717, 1.165) is 6.08 Å². The molecular formula is C10H19NO3. The summed E-state index contributed by atoms with van der Waals surface area (Å²) in [6, 6.07) is 0.262. The number of carbonyl (C=O) groups is 1. The van der Waals surface area contributed by atoms with Crippen LogP contribution in [-0.2, 0) is 9.53 Å². The summed E-state index contributed by atoms with van der Waals surface area (Å²) in [4.78, 5) is 10.2. The van der Waals surface area contributed by atoms with Crippen LogP contribution in [0.25, 0.3) is 0 Å². The number of hydrogen-bond donors (Lipinski definition) is 2. The number of rotatable bonds is 7. The van der Waals surface area contributed by atoms with Gasteiger partial charge in [-0.05, 0) is 5.92 Å². The molecular weight excluding hydrogens is 182 g/mol. The minimum Gasteiger partial charge on any atom is -0.478 e. The average Bonchev–Trinajstić information content (AvgIpc) is 2.09. The lowest BCUT2D eigenvalue weighted by Gasteiger charge is -2.20. The fourth-order valence-electron chi connectivity index (χ4n) is 1.05. The number of methoxy groups -OCH3 is 1. The topological polar surface area (TPSA) is 58.6 Å². The monoisotopic (exact) mass is 201 g/mol. The SMILES string of the molecule is COCC(NC/C=C/C(=O)O)C(C)C. The van der Waals surface area contributed by atoms with Gasteiger partial charge in [-0.3, -0.25) is 0 Å². The van der Waals surface area contributed by atoms with Crippen molar-refractivity contribution >= 4 is 5.97 Å². The van der Waals surface area contributed by atoms with E-state index in [9.17, 15) is 4.79 Å². The maximum Gasteiger partial charge on any atom is 0.328 e. The molecule has 0 aliphatic carbocycles. The lowest BCUT2D eigenvalue weighted by atomic mass is 10.1. The Morgan fingerprint density at radius 3 is 2.64 bits per heavy atom. The summed E-state index contributed by atoms with van der Waals surface area (Å²) in [6.45, 7) is 5.38. The van der Waals surface area contributed by atoms with Crippen LogP contribution in [0, 0.1) is 5.92 Å². The number of nitrogens with one attached hydrogen (secondary N) is 1. The number of hydrogen-bond acceptors (Lipinski definition) is 3. The zero-order valence-corrected chi connectivity index (χ0v) is 8.99. The van der Waals surface area contributed by atoms with Gasteiger partial charge in [0, 0.05) is 25.8 Å². The van der Waals surface area contributed by atoms with Gasteiger partial charge in [0.1, 0.15) is 0 Å². The number of ether oxygens (including phenoxy) is 1. The highest BCUT2D eigenvalue weighted by atomic mass is 16.5. The van der Waals surface area contributed by atoms with E-state index in [-0.39, 0.29) is 6.04 Å². The summed E-state index contributed by atoms with van der Waals surface area (Å²) in [5.74, 6) is -0.451. The van der Waals surface area contributed by atoms with E-state index < -0.39 is 5.97 Å². The Balaban J connectivity index is 3.76. The first-order valence-corrected chi connectivity index (χ1v) is 4.69. The van der Waals surface area contributed by atoms with Crippen LogP contribution in [0.3, 0.4) is 0 Å². The molecule has 0 radical (unpaired) electrons. The van der Waals surface area contributed by atoms with Gasteiger partial charge in [-0.2, -0.15) is 0 Å². The van der Waals surface area contributed by atoms with Crippen molar-refractivity contribution in [1.29, 1.82) is 0 Å². The third-order valence-corrected chi connectivity index (χ3v) is 1.91. The molecule has 4 heteroatoms. The summed E-state index contributed by atoms with van der Waals surface area (Å²) in [6.07, 6.45) is 2.73. The lowest BCUT2D eigenvalue weighted by Crippen LogP contribution is -2.37. The third kappa shape index (κ3) is 6.62. The van der Waals surface area contributed by atoms with Gasteiger partial charge in [0.05, 0.1) is 6.61 Å². The molecule has 0 aromatic heterocycles. The van der Waals surface area contributed by atoms with Crippen molar-refractivity contribution < 1.29 is 14.6 Å². The van der Waals surface area contributed by atoms with E-state index in [1.807, 2.05) is 0 Å². The van der Waals surface area contributed by atoms with Crippen molar-refractivity contribution in [3.05, 3.63) is 12.2 Å². The highest BCUT2D eigenvalue weighted by molar-refractivity contribution is 5.79. The average molecular weight is 201 g/mol. The molecule has 0 amide bonds. The molecule has 0 aromatic rings. The number of carboxylic acids is 1. The standard InChI is InChI=1S/C10H19NO3/c1-8(2)9(7-14-3)11-6-4-5-10(12)13/h4-5,8-9,11H,6-7H2,1-3H3,(H,12,13)/b5-4+. The molecule has 0 aliphatic heterocycles. The smallest absolute Gasteiger partial charge is 0.328 e. The molecule has 2 N–H and O–H groups in total. The highest BCUT2D eigenvalue weighted by Gasteiger charge is 2.10. The molecule has 0 aromatic carbocycles. The summed E-state index contributed by atoms with van der Waals surface area (Å²) in [5, 5.41) is 11.6. The number of carboxylic acid groups (broad SMARTS) is 1. The molecule has 1 unspecified atom stereocenters. The molecule has 0 aliphatic rings. The molecule has 0 saturated heterocycles. The summed E-state index contributed by atoms with van der Waals surface area (Å²) in [7, 11) is 1.66. The van der Waals surface area contributed by atoms with Crippen LogP contribution in [0.1, 0.15) is 13.8 Å². The van der Waals surface area contributed by atoms with Gasteiger partial charge in [-0.1, -0.05) is 19.9 Å². The van der Waals surface area contributed by atoms with Gasteiger partial charge >= 0.3 is 5.97 Å². The molecule has 82 valence electrons. The van der Waals surface area contributed by atoms with Gasteiger partial charge < -0.3 is 15.2 Å². The van der Waals surface area contributed by atoms with Crippen LogP contribution in [-0.4, -0.2) is 37.4 Å². The Labute approximate surface area is 85.0 Å². The van der Waals surface area contributed by atoms with E-state index in [2.05, 4.69) is 19.2 Å². The highest BCUT2D eigenvalue weighted by Crippen LogP contribution is 2.01. The van der Waals surface area contributed by atoms with E-state index in [1.54, 1.807) is 13.2 Å². The molecule has 0 bridgehead atoms. The lowest BCUT2D eigenvalue weighted by molar-refractivity contribution is -0.131. The van der Waals surface area contributed by atoms with Crippen molar-refractivity contribution in [3.8, 4) is 0 Å². The van der Waals surface area contributed by atoms with Crippen LogP contribution in [0.5, 0.6) is 0 Å². The molecule has 0 saturated carbocycles. The van der Waals surface area contributed by atoms with Crippen molar-refractivity contribution in [1.82, 2.24) is 5.32 Å². The first-order valence-electron chi connectivity index (χ1n) is 4.69. The van der Waals surface area contributed by atoms with Crippen molar-refractivity contribution in [2.75, 3.05) is 20.3 Å². The molecule has 4 nitrogen and oxygen atoms in total. The summed E-state index contributed by atoms with van der Waals surface area (Å²) >= 11 is 0. The maximum atomic E-state index is 10.2. The van der Waals surface area contributed by atoms with Crippen LogP contribution >= 0.6 is 0 Å². The Morgan fingerprint density at radius 2 is 2.21 bits per heavy atom. The second-order valence-corrected chi connectivity index (χ2v) is 3.45. The summed E-state index contributed by atoms with van der Waals surface area (Å²) in [5.41, 5.74) is 0. The zero-order chi connectivity index (χ0) is 11.0. The van der Waals surface area contributed by atoms with Crippen LogP contribution < -0.4 is 5.32 Å². The minimum atomic E-state index is -0.917. The molecule has 14 heavy (non-hydrogen) atoms. The quantitative estimate of drug-likeness (QED) is 0.600. The Morgan fingerprint density at radius 1 is 1.57 bits per heavy atom. The maximum absolute atomic E-state index is 10.2. The zero-order valence-electron chi connectivity index (χ0n) is 8.99. The van der Waals surface area contributed by atoms with Crippen LogP contribution in [0.15, 0.2) is 12.2 Å². The number of aliphatic carboxylic acids is 1. The van der Waals surface area contributed by atoms with E-state index in [4.69, 9.17) is 9.84 Å². The van der Waals surface area contributed by atoms with Crippen LogP contribution in [0.2, 0.25) is 0 Å². The van der Waals surface area contributed by atoms with Crippen molar-refractivity contribution in [2.45, 2.75) is 19.9 Å². The van der Waals surface area contributed by atoms with Gasteiger partial charge in [0.25, 0.3) is 0 Å². The van der Waals surface area contributed by atoms with Gasteiger partial charge in [-0.25, -0.2) is 4.79 Å². The molecule has 0 fully saturated rings. The second-order valence-electron chi connectivity index (χ2n) is 3.45. The van der Waals surface area contributed by atoms with Crippen molar-refractivity contribution in [3.63, 3.8) is 0 Å². The first-order chi connectivity index (χ1) is 6.57. The first kappa shape index (κ1) is 13.1. The largest absolute Gasteiger partial charge is 0.478 e. The van der Waals surface area contributed by atoms with E-state index >= 15 is 0 Å². The molecule has 0 spiro atoms. The van der Waals surface area contributed by atoms with Gasteiger partial charge in [0.15, 0.2) is 0 Å². The minimum absolute atomic E-state index is 0.262. The Hall–Kier alpha value is -0.870. The molecule has 0 heterocycles. The fourth-order valence-corrected chi connectivity index (χ4v) is 1.05. The van der Waals surface area contributed by atoms with Crippen molar-refractivity contribution in [2.24, 2.45) is 5.92 Å². The normalized spacial score (nSPS) is 13.7. The molecule has 0 rings (SSSR count). The second kappa shape index (κ2) is 7.53. The Bertz CT molecular complexity index is 190. The third-order valence-electron chi connectivity index (χ3n) is 1.91. The Kier molecular flexibility index (Phi) is 7.06. The predicted octanol–water partition coefficient (Wildman–Crippen LogP) is 0.888.